The van der Waals surface area contributed by atoms with Gasteiger partial charge in [-0.25, -0.2) is 4.79 Å². The fraction of sp³-hybridized carbons (Fsp3) is 0.222. The normalized spacial score (nSPS) is 9.31. The van der Waals surface area contributed by atoms with Crippen LogP contribution in [0, 0.1) is 0 Å². The summed E-state index contributed by atoms with van der Waals surface area (Å²) in [6.45, 7) is 2.48. The second-order valence-electron chi connectivity index (χ2n) is 2.61. The van der Waals surface area contributed by atoms with Crippen LogP contribution in [0.5, 0.6) is 0 Å². The Morgan fingerprint density at radius 3 is 2.54 bits per heavy atom. The molecule has 0 atom stereocenters. The Hall–Kier alpha value is -1.71. The van der Waals surface area contributed by atoms with Crippen molar-refractivity contribution in [3.63, 3.8) is 0 Å². The summed E-state index contributed by atoms with van der Waals surface area (Å²) in [7, 11) is 0. The lowest BCUT2D eigenvalue weighted by Crippen LogP contribution is -2.28. The highest BCUT2D eigenvalue weighted by molar-refractivity contribution is 5.89. The van der Waals surface area contributed by atoms with Gasteiger partial charge in [-0.15, -0.1) is 0 Å². The van der Waals surface area contributed by atoms with Crippen LogP contribution < -0.4 is 16.4 Å². The van der Waals surface area contributed by atoms with Crippen LogP contribution >= 0.6 is 0 Å². The highest BCUT2D eigenvalue weighted by Gasteiger charge is 1.97. The lowest BCUT2D eigenvalue weighted by Gasteiger charge is -2.05. The summed E-state index contributed by atoms with van der Waals surface area (Å²) >= 11 is 0. The van der Waals surface area contributed by atoms with E-state index >= 15 is 0 Å². The molecule has 0 saturated heterocycles. The number of nitrogens with two attached hydrogens (primary N) is 1. The number of amides is 2. The molecular formula is C9H13N3O. The summed E-state index contributed by atoms with van der Waals surface area (Å²) in [6.07, 6.45) is 0. The first-order valence-electron chi connectivity index (χ1n) is 4.12. The Bertz CT molecular complexity index is 281. The third-order valence-corrected chi connectivity index (χ3v) is 1.51. The van der Waals surface area contributed by atoms with Gasteiger partial charge in [0.05, 0.1) is 0 Å². The molecule has 1 aromatic rings. The first-order chi connectivity index (χ1) is 6.22. The molecular weight excluding hydrogens is 166 g/mol. The van der Waals surface area contributed by atoms with Crippen molar-refractivity contribution >= 4 is 17.4 Å². The van der Waals surface area contributed by atoms with E-state index in [0.717, 1.165) is 5.69 Å². The average Bonchev–Trinajstić information content (AvgIpc) is 2.09. The van der Waals surface area contributed by atoms with Crippen LogP contribution in [0.1, 0.15) is 6.92 Å². The lowest BCUT2D eigenvalue weighted by molar-refractivity contribution is 0.252. The molecule has 0 heterocycles. The summed E-state index contributed by atoms with van der Waals surface area (Å²) in [6, 6.07) is 6.78. The van der Waals surface area contributed by atoms with E-state index in [1.807, 2.05) is 6.92 Å². The van der Waals surface area contributed by atoms with Crippen LogP contribution in [0.3, 0.4) is 0 Å². The predicted octanol–water partition coefficient (Wildman–Crippen LogP) is 1.41. The molecule has 4 heteroatoms. The maximum Gasteiger partial charge on any atom is 0.319 e. The molecule has 4 N–H and O–H groups in total. The lowest BCUT2D eigenvalue weighted by atomic mass is 10.3. The minimum Gasteiger partial charge on any atom is -0.399 e. The number of carbonyl (C=O) groups is 1. The molecule has 0 radical (unpaired) electrons. The molecule has 0 aromatic heterocycles. The Kier molecular flexibility index (Phi) is 3.14. The standard InChI is InChI=1S/C9H13N3O/c1-2-11-9(13)12-8-5-3-7(10)4-6-8/h3-6H,2,10H2,1H3,(H2,11,12,13). The molecule has 0 aliphatic rings. The minimum atomic E-state index is -0.202. The van der Waals surface area contributed by atoms with Gasteiger partial charge in [-0.2, -0.15) is 0 Å². The van der Waals surface area contributed by atoms with Gasteiger partial charge >= 0.3 is 6.03 Å². The van der Waals surface area contributed by atoms with Crippen LogP contribution in [0.15, 0.2) is 24.3 Å². The smallest absolute Gasteiger partial charge is 0.319 e. The van der Waals surface area contributed by atoms with Crippen molar-refractivity contribution in [3.05, 3.63) is 24.3 Å². The number of benzene rings is 1. The van der Waals surface area contributed by atoms with E-state index in [1.165, 1.54) is 0 Å². The number of carbonyl (C=O) groups excluding carboxylic acids is 1. The van der Waals surface area contributed by atoms with E-state index in [-0.39, 0.29) is 6.03 Å². The van der Waals surface area contributed by atoms with Gasteiger partial charge < -0.3 is 16.4 Å². The molecule has 2 amide bonds. The van der Waals surface area contributed by atoms with Crippen molar-refractivity contribution in [2.75, 3.05) is 17.6 Å². The van der Waals surface area contributed by atoms with Gasteiger partial charge in [0.2, 0.25) is 0 Å². The summed E-state index contributed by atoms with van der Waals surface area (Å²) in [5.41, 5.74) is 6.91. The van der Waals surface area contributed by atoms with Crippen molar-refractivity contribution in [3.8, 4) is 0 Å². The largest absolute Gasteiger partial charge is 0.399 e. The summed E-state index contributed by atoms with van der Waals surface area (Å²) in [5.74, 6) is 0. The molecule has 13 heavy (non-hydrogen) atoms. The van der Waals surface area contributed by atoms with E-state index in [9.17, 15) is 4.79 Å². The highest BCUT2D eigenvalue weighted by atomic mass is 16.2. The maximum absolute atomic E-state index is 11.0. The topological polar surface area (TPSA) is 67.2 Å². The Labute approximate surface area is 77.1 Å². The summed E-state index contributed by atoms with van der Waals surface area (Å²) < 4.78 is 0. The quantitative estimate of drug-likeness (QED) is 0.601. The van der Waals surface area contributed by atoms with Crippen LogP contribution in [-0.2, 0) is 0 Å². The van der Waals surface area contributed by atoms with E-state index in [0.29, 0.717) is 12.2 Å². The zero-order valence-corrected chi connectivity index (χ0v) is 7.50. The van der Waals surface area contributed by atoms with Gasteiger partial charge in [0.15, 0.2) is 0 Å². The molecule has 70 valence electrons. The second kappa shape index (κ2) is 4.35. The zero-order chi connectivity index (χ0) is 9.68. The van der Waals surface area contributed by atoms with Crippen LogP contribution in [-0.4, -0.2) is 12.6 Å². The highest BCUT2D eigenvalue weighted by Crippen LogP contribution is 2.09. The molecule has 0 fully saturated rings. The van der Waals surface area contributed by atoms with Crippen LogP contribution in [0.4, 0.5) is 16.2 Å². The molecule has 0 unspecified atom stereocenters. The predicted molar refractivity (Wildman–Crippen MR) is 53.5 cm³/mol. The molecule has 0 spiro atoms. The number of anilines is 2. The van der Waals surface area contributed by atoms with E-state index in [1.54, 1.807) is 24.3 Å². The molecule has 4 nitrogen and oxygen atoms in total. The van der Waals surface area contributed by atoms with E-state index < -0.39 is 0 Å². The number of nitrogens with one attached hydrogen (secondary N) is 2. The summed E-state index contributed by atoms with van der Waals surface area (Å²) in [4.78, 5) is 11.0. The van der Waals surface area contributed by atoms with Crippen LogP contribution in [0.25, 0.3) is 0 Å². The third kappa shape index (κ3) is 3.02. The first-order valence-corrected chi connectivity index (χ1v) is 4.12. The minimum absolute atomic E-state index is 0.202. The van der Waals surface area contributed by atoms with E-state index in [4.69, 9.17) is 5.73 Å². The molecule has 0 saturated carbocycles. The van der Waals surface area contributed by atoms with Gasteiger partial charge in [0.25, 0.3) is 0 Å². The first kappa shape index (κ1) is 9.38. The van der Waals surface area contributed by atoms with Crippen molar-refractivity contribution in [1.82, 2.24) is 5.32 Å². The van der Waals surface area contributed by atoms with Gasteiger partial charge in [0.1, 0.15) is 0 Å². The number of urea groups is 1. The molecule has 1 aromatic carbocycles. The molecule has 1 rings (SSSR count). The fourth-order valence-electron chi connectivity index (χ4n) is 0.902. The fourth-order valence-corrected chi connectivity index (χ4v) is 0.902. The van der Waals surface area contributed by atoms with Crippen molar-refractivity contribution in [2.24, 2.45) is 0 Å². The van der Waals surface area contributed by atoms with Crippen molar-refractivity contribution < 1.29 is 4.79 Å². The third-order valence-electron chi connectivity index (χ3n) is 1.51. The molecule has 0 aliphatic heterocycles. The Balaban J connectivity index is 2.54. The monoisotopic (exact) mass is 179 g/mol. The van der Waals surface area contributed by atoms with Crippen LogP contribution in [0.2, 0.25) is 0 Å². The number of hydrogen-bond donors (Lipinski definition) is 3. The Morgan fingerprint density at radius 2 is 2.00 bits per heavy atom. The van der Waals surface area contributed by atoms with Gasteiger partial charge in [-0.3, -0.25) is 0 Å². The number of rotatable bonds is 2. The Morgan fingerprint density at radius 1 is 1.38 bits per heavy atom. The number of nitrogen functional groups attached to an aromatic ring is 1. The van der Waals surface area contributed by atoms with Gasteiger partial charge in [0, 0.05) is 17.9 Å². The van der Waals surface area contributed by atoms with Gasteiger partial charge in [-0.1, -0.05) is 0 Å². The molecule has 0 bridgehead atoms. The van der Waals surface area contributed by atoms with Crippen molar-refractivity contribution in [2.45, 2.75) is 6.92 Å². The number of hydrogen-bond acceptors (Lipinski definition) is 2. The average molecular weight is 179 g/mol. The van der Waals surface area contributed by atoms with Crippen molar-refractivity contribution in [1.29, 1.82) is 0 Å². The van der Waals surface area contributed by atoms with Gasteiger partial charge in [-0.05, 0) is 31.2 Å². The zero-order valence-electron chi connectivity index (χ0n) is 7.50. The summed E-state index contributed by atoms with van der Waals surface area (Å²) in [5, 5.41) is 5.29. The molecule has 0 aliphatic carbocycles. The SMILES string of the molecule is CCNC(=O)Nc1ccc(N)cc1. The maximum atomic E-state index is 11.0. The second-order valence-corrected chi connectivity index (χ2v) is 2.61. The van der Waals surface area contributed by atoms with E-state index in [2.05, 4.69) is 10.6 Å².